The van der Waals surface area contributed by atoms with E-state index in [4.69, 9.17) is 4.42 Å². The van der Waals surface area contributed by atoms with Gasteiger partial charge >= 0.3 is 0 Å². The molecule has 2 nitrogen and oxygen atoms in total. The maximum atomic E-state index is 6.12. The summed E-state index contributed by atoms with van der Waals surface area (Å²) in [6.45, 7) is 11.3. The summed E-state index contributed by atoms with van der Waals surface area (Å²) in [5, 5.41) is 3.70. The van der Waals surface area contributed by atoms with Crippen LogP contribution in [0.5, 0.6) is 0 Å². The first-order valence-electron chi connectivity index (χ1n) is 10.4. The predicted molar refractivity (Wildman–Crippen MR) is 127 cm³/mol. The Hall–Kier alpha value is -2.91. The number of rotatable bonds is 2. The van der Waals surface area contributed by atoms with Gasteiger partial charge < -0.3 is 4.42 Å². The molecule has 0 N–H and O–H groups in total. The van der Waals surface area contributed by atoms with Gasteiger partial charge in [0.1, 0.15) is 16.0 Å². The van der Waals surface area contributed by atoms with Crippen LogP contribution in [-0.2, 0) is 5.41 Å². The third-order valence-corrected chi connectivity index (χ3v) is 7.40. The smallest absolute Gasteiger partial charge is 0.249 e. The van der Waals surface area contributed by atoms with E-state index in [0.29, 0.717) is 0 Å². The molecule has 0 amide bonds. The van der Waals surface area contributed by atoms with Crippen LogP contribution in [0.15, 0.2) is 71.1 Å². The minimum atomic E-state index is 0.0301. The van der Waals surface area contributed by atoms with Gasteiger partial charge in [-0.15, -0.1) is 0 Å². The normalized spacial score (nSPS) is 12.2. The number of para-hydroxylation sites is 1. The number of benzene rings is 3. The summed E-state index contributed by atoms with van der Waals surface area (Å²) in [4.78, 5) is 1.33. The highest BCUT2D eigenvalue weighted by Gasteiger charge is 2.35. The summed E-state index contributed by atoms with van der Waals surface area (Å²) in [5.41, 5.74) is 6.93. The number of furan rings is 1. The molecule has 0 aliphatic heterocycles. The first kappa shape index (κ1) is 19.1. The molecule has 3 aromatic carbocycles. The Bertz CT molecular complexity index is 1380. The molecule has 0 saturated carbocycles. The molecule has 5 aromatic rings. The predicted octanol–water partition coefficient (Wildman–Crippen LogP) is 7.51. The molecule has 0 radical (unpaired) electrons. The zero-order chi connectivity index (χ0) is 21.0. The van der Waals surface area contributed by atoms with Gasteiger partial charge in [-0.1, -0.05) is 59.9 Å². The zero-order valence-corrected chi connectivity index (χ0v) is 18.9. The number of nitrogens with zero attached hydrogens (tertiary/aromatic N) is 1. The Morgan fingerprint density at radius 2 is 1.50 bits per heavy atom. The third-order valence-electron chi connectivity index (χ3n) is 5.68. The molecule has 0 spiro atoms. The number of aromatic nitrogens is 1. The van der Waals surface area contributed by atoms with Crippen LogP contribution in [0, 0.1) is 13.8 Å². The van der Waals surface area contributed by atoms with E-state index in [-0.39, 0.29) is 5.41 Å². The van der Waals surface area contributed by atoms with E-state index in [2.05, 4.69) is 93.8 Å². The molecule has 30 heavy (non-hydrogen) atoms. The lowest BCUT2D eigenvalue weighted by Crippen LogP contribution is -2.41. The van der Waals surface area contributed by atoms with Gasteiger partial charge in [-0.25, -0.2) is 0 Å². The van der Waals surface area contributed by atoms with E-state index >= 15 is 0 Å². The van der Waals surface area contributed by atoms with Crippen LogP contribution in [0.3, 0.4) is 0 Å². The van der Waals surface area contributed by atoms with Gasteiger partial charge in [0, 0.05) is 29.3 Å². The highest BCUT2D eigenvalue weighted by molar-refractivity contribution is 7.15. The van der Waals surface area contributed by atoms with Crippen molar-refractivity contribution < 1.29 is 8.98 Å². The topological polar surface area (TPSA) is 17.0 Å². The molecular formula is C27H26NOS+. The Kier molecular flexibility index (Phi) is 4.33. The Morgan fingerprint density at radius 3 is 2.23 bits per heavy atom. The fourth-order valence-electron chi connectivity index (χ4n) is 4.21. The monoisotopic (exact) mass is 412 g/mol. The van der Waals surface area contributed by atoms with Crippen molar-refractivity contribution in [2.24, 2.45) is 0 Å². The van der Waals surface area contributed by atoms with Gasteiger partial charge in [0.25, 0.3) is 0 Å². The van der Waals surface area contributed by atoms with Crippen LogP contribution in [0.1, 0.15) is 37.0 Å². The van der Waals surface area contributed by atoms with Crippen molar-refractivity contribution in [1.82, 2.24) is 0 Å². The van der Waals surface area contributed by atoms with Crippen LogP contribution >= 0.6 is 11.3 Å². The van der Waals surface area contributed by atoms with E-state index in [1.54, 1.807) is 0 Å². The molecule has 2 aromatic heterocycles. The van der Waals surface area contributed by atoms with Crippen LogP contribution < -0.4 is 4.57 Å². The number of thiazole rings is 1. The molecule has 3 heteroatoms. The van der Waals surface area contributed by atoms with Crippen molar-refractivity contribution in [2.45, 2.75) is 40.0 Å². The Labute approximate surface area is 181 Å². The minimum Gasteiger partial charge on any atom is -0.456 e. The molecule has 0 fully saturated rings. The molecule has 0 aliphatic carbocycles. The third kappa shape index (κ3) is 2.96. The van der Waals surface area contributed by atoms with E-state index in [9.17, 15) is 0 Å². The molecule has 0 atom stereocenters. The first-order valence-corrected chi connectivity index (χ1v) is 11.2. The summed E-state index contributed by atoms with van der Waals surface area (Å²) in [6, 6.07) is 23.5. The Morgan fingerprint density at radius 1 is 0.800 bits per heavy atom. The summed E-state index contributed by atoms with van der Waals surface area (Å²) in [7, 11) is 0. The van der Waals surface area contributed by atoms with Crippen LogP contribution in [0.2, 0.25) is 0 Å². The molecule has 5 rings (SSSR count). The summed E-state index contributed by atoms with van der Waals surface area (Å²) < 4.78 is 8.58. The quantitative estimate of drug-likeness (QED) is 0.274. The van der Waals surface area contributed by atoms with Gasteiger partial charge in [-0.2, -0.15) is 4.57 Å². The lowest BCUT2D eigenvalue weighted by molar-refractivity contribution is -0.608. The number of hydrogen-bond donors (Lipinski definition) is 0. The molecule has 0 bridgehead atoms. The molecule has 2 heterocycles. The second-order valence-electron chi connectivity index (χ2n) is 9.01. The van der Waals surface area contributed by atoms with Crippen molar-refractivity contribution in [3.05, 3.63) is 83.0 Å². The maximum absolute atomic E-state index is 6.12. The van der Waals surface area contributed by atoms with E-state index in [1.165, 1.54) is 43.2 Å². The number of aryl methyl sites for hydroxylation is 1. The van der Waals surface area contributed by atoms with Gasteiger partial charge in [0.15, 0.2) is 0 Å². The van der Waals surface area contributed by atoms with Crippen LogP contribution in [-0.4, -0.2) is 0 Å². The highest BCUT2D eigenvalue weighted by atomic mass is 32.1. The fourth-order valence-corrected chi connectivity index (χ4v) is 5.53. The van der Waals surface area contributed by atoms with Gasteiger partial charge in [-0.3, -0.25) is 0 Å². The molecule has 150 valence electrons. The first-order chi connectivity index (χ1) is 14.3. The van der Waals surface area contributed by atoms with E-state index in [1.807, 2.05) is 23.5 Å². The fraction of sp³-hybridized carbons (Fsp3) is 0.222. The second-order valence-corrected chi connectivity index (χ2v) is 10.0. The van der Waals surface area contributed by atoms with Crippen molar-refractivity contribution in [2.75, 3.05) is 0 Å². The van der Waals surface area contributed by atoms with Crippen molar-refractivity contribution in [1.29, 1.82) is 0 Å². The zero-order valence-electron chi connectivity index (χ0n) is 18.1. The van der Waals surface area contributed by atoms with E-state index < -0.39 is 0 Å². The minimum absolute atomic E-state index is 0.0301. The largest absolute Gasteiger partial charge is 0.456 e. The van der Waals surface area contributed by atoms with Crippen LogP contribution in [0.4, 0.5) is 0 Å². The lowest BCUT2D eigenvalue weighted by atomic mass is 9.97. The Balaban J connectivity index is 1.83. The molecule has 0 saturated heterocycles. The van der Waals surface area contributed by atoms with Crippen molar-refractivity contribution in [3.8, 4) is 16.1 Å². The van der Waals surface area contributed by atoms with Gasteiger partial charge in [0.05, 0.1) is 5.41 Å². The van der Waals surface area contributed by atoms with Gasteiger partial charge in [0.2, 0.25) is 16.4 Å². The second kappa shape index (κ2) is 6.82. The average Bonchev–Trinajstić information content (AvgIpc) is 3.25. The highest BCUT2D eigenvalue weighted by Crippen LogP contribution is 2.37. The molecule has 0 aliphatic rings. The van der Waals surface area contributed by atoms with Crippen molar-refractivity contribution >= 4 is 33.3 Å². The SMILES string of the molecule is Cc1cc2oc3ccccc3c2cc1-[n+]1c(C(C)(C)C)sc(-c2ccccc2)c1C. The summed E-state index contributed by atoms with van der Waals surface area (Å²) in [5.74, 6) is 0. The average molecular weight is 413 g/mol. The van der Waals surface area contributed by atoms with Crippen molar-refractivity contribution in [3.63, 3.8) is 0 Å². The standard InChI is InChI=1S/C27H26NOS/c1-17-15-24-21(20-13-9-10-14-23(20)29-24)16-22(17)28-18(2)25(19-11-7-6-8-12-19)30-26(28)27(3,4)5/h6-16H,1-5H3/q+1. The molecular weight excluding hydrogens is 386 g/mol. The summed E-state index contributed by atoms with van der Waals surface area (Å²) >= 11 is 1.90. The van der Waals surface area contributed by atoms with E-state index in [0.717, 1.165) is 11.2 Å². The lowest BCUT2D eigenvalue weighted by Gasteiger charge is -2.13. The van der Waals surface area contributed by atoms with Crippen LogP contribution in [0.25, 0.3) is 38.1 Å². The number of fused-ring (bicyclic) bond motifs is 3. The van der Waals surface area contributed by atoms with Gasteiger partial charge in [-0.05, 0) is 45.4 Å². The summed E-state index contributed by atoms with van der Waals surface area (Å²) in [6.07, 6.45) is 0. The number of hydrogen-bond acceptors (Lipinski definition) is 2. The maximum Gasteiger partial charge on any atom is 0.249 e. The molecule has 0 unspecified atom stereocenters.